The van der Waals surface area contributed by atoms with Crippen LogP contribution in [0.1, 0.15) is 74.1 Å². The molecule has 1 aromatic heterocycles. The Kier molecular flexibility index (Phi) is 16.5. The molecule has 1 aliphatic rings. The van der Waals surface area contributed by atoms with Gasteiger partial charge in [-0.3, -0.25) is 19.2 Å². The third kappa shape index (κ3) is 12.8. The number of amides is 5. The molecule has 0 spiro atoms. The minimum absolute atomic E-state index is 0.0545. The molecule has 1 aromatic rings. The van der Waals surface area contributed by atoms with E-state index in [0.29, 0.717) is 12.8 Å². The summed E-state index contributed by atoms with van der Waals surface area (Å²) >= 11 is 1.07. The van der Waals surface area contributed by atoms with E-state index >= 15 is 0 Å². The van der Waals surface area contributed by atoms with Gasteiger partial charge in [-0.05, 0) is 47.5 Å². The third-order valence-electron chi connectivity index (χ3n) is 9.48. The number of Topliss-reactive ketones (excluding diaryl/α,β-unsaturated/α-hetero) is 1. The van der Waals surface area contributed by atoms with Crippen molar-refractivity contribution >= 4 is 50.9 Å². The Labute approximate surface area is 314 Å². The van der Waals surface area contributed by atoms with Crippen LogP contribution in [0.4, 0.5) is 18.0 Å². The van der Waals surface area contributed by atoms with E-state index in [1.165, 1.54) is 24.1 Å². The molecule has 0 bridgehead atoms. The Balaban J connectivity index is 2.37. The van der Waals surface area contributed by atoms with Gasteiger partial charge in [0.15, 0.2) is 0 Å². The number of likely N-dealkylation sites (tertiary alicyclic amines) is 1. The van der Waals surface area contributed by atoms with Gasteiger partial charge in [0.05, 0.1) is 6.04 Å². The molecular weight excluding hydrogens is 738 g/mol. The SMILES string of the molecule is C=CCNC(=O)C(=O)C(CCC(F)(F)F)NC(=O)[C@@H]1[C@@H](C(C)C)CCN1C(=O)[C@@H](NC(=O)N[C@H](CN(C)S(=O)(=O)c1cccs1)[C@@H](C)CC)C(C)(C)C. The van der Waals surface area contributed by atoms with Crippen molar-refractivity contribution in [2.45, 2.75) is 109 Å². The van der Waals surface area contributed by atoms with Crippen LogP contribution in [-0.4, -0.2) is 104 Å². The van der Waals surface area contributed by atoms with E-state index in [1.807, 2.05) is 27.7 Å². The highest BCUT2D eigenvalue weighted by Crippen LogP contribution is 2.34. The Bertz CT molecular complexity index is 1550. The number of urea groups is 1. The second kappa shape index (κ2) is 19.2. The molecule has 0 saturated carbocycles. The smallest absolute Gasteiger partial charge is 0.346 e. The summed E-state index contributed by atoms with van der Waals surface area (Å²) in [7, 11) is -2.40. The summed E-state index contributed by atoms with van der Waals surface area (Å²) in [6.45, 7) is 15.9. The standard InChI is InChI=1S/C35H55F3N6O7S2/c1-10-17-39-31(47)28(45)24(14-16-35(36,37)38)40-30(46)27-23(21(3)4)15-18-44(27)32(48)29(34(6,7)8)42-33(49)41-25(22(5)11-2)20-43(9)53(50,51)26-13-12-19-52-26/h10,12-13,19,21-25,27,29H,1,11,14-18,20H2,2-9H3,(H,39,47)(H,40,46)(H2,41,42,49)/t22-,23+,24?,25+,27-,29+/m0/s1. The number of alkyl halides is 3. The summed E-state index contributed by atoms with van der Waals surface area (Å²) in [5.41, 5.74) is -0.912. The highest BCUT2D eigenvalue weighted by molar-refractivity contribution is 7.91. The van der Waals surface area contributed by atoms with Gasteiger partial charge < -0.3 is 26.2 Å². The molecule has 2 rings (SSSR count). The first-order valence-corrected chi connectivity index (χ1v) is 20.0. The molecule has 2 heterocycles. The molecule has 6 atom stereocenters. The van der Waals surface area contributed by atoms with Gasteiger partial charge in [0, 0.05) is 39.1 Å². The highest BCUT2D eigenvalue weighted by Gasteiger charge is 2.48. The third-order valence-corrected chi connectivity index (χ3v) is 12.7. The van der Waals surface area contributed by atoms with Gasteiger partial charge in [0.2, 0.25) is 17.6 Å². The molecule has 0 aliphatic carbocycles. The Morgan fingerprint density at radius 1 is 1.09 bits per heavy atom. The lowest BCUT2D eigenvalue weighted by Gasteiger charge is -2.37. The van der Waals surface area contributed by atoms with Crippen molar-refractivity contribution in [2.24, 2.45) is 23.2 Å². The molecule has 300 valence electrons. The van der Waals surface area contributed by atoms with E-state index in [0.717, 1.165) is 15.6 Å². The van der Waals surface area contributed by atoms with Crippen molar-refractivity contribution in [3.05, 3.63) is 30.2 Å². The number of sulfonamides is 1. The zero-order valence-electron chi connectivity index (χ0n) is 31.7. The summed E-state index contributed by atoms with van der Waals surface area (Å²) in [4.78, 5) is 68.5. The highest BCUT2D eigenvalue weighted by atomic mass is 32.2. The fraction of sp³-hybridized carbons (Fsp3) is 0.686. The monoisotopic (exact) mass is 792 g/mol. The number of carbonyl (C=O) groups is 5. The number of halogens is 3. The van der Waals surface area contributed by atoms with E-state index in [-0.39, 0.29) is 35.7 Å². The molecule has 5 amide bonds. The van der Waals surface area contributed by atoms with Crippen LogP contribution in [0.15, 0.2) is 34.4 Å². The molecule has 18 heteroatoms. The van der Waals surface area contributed by atoms with Crippen LogP contribution < -0.4 is 21.3 Å². The molecule has 13 nitrogen and oxygen atoms in total. The Hall–Kier alpha value is -3.51. The summed E-state index contributed by atoms with van der Waals surface area (Å²) in [5.74, 6) is -4.78. The van der Waals surface area contributed by atoms with Gasteiger partial charge in [0.25, 0.3) is 15.9 Å². The Morgan fingerprint density at radius 3 is 2.25 bits per heavy atom. The number of carbonyl (C=O) groups excluding carboxylic acids is 5. The van der Waals surface area contributed by atoms with Crippen molar-refractivity contribution in [1.29, 1.82) is 0 Å². The molecule has 1 saturated heterocycles. The van der Waals surface area contributed by atoms with Crippen molar-refractivity contribution < 1.29 is 45.6 Å². The van der Waals surface area contributed by atoms with Crippen LogP contribution in [-0.2, 0) is 29.2 Å². The largest absolute Gasteiger partial charge is 0.389 e. The van der Waals surface area contributed by atoms with Crippen molar-refractivity contribution in [3.8, 4) is 0 Å². The topological polar surface area (TPSA) is 174 Å². The fourth-order valence-corrected chi connectivity index (χ4v) is 8.49. The van der Waals surface area contributed by atoms with E-state index in [2.05, 4.69) is 27.8 Å². The van der Waals surface area contributed by atoms with Crippen molar-refractivity contribution in [3.63, 3.8) is 0 Å². The van der Waals surface area contributed by atoms with Crippen LogP contribution >= 0.6 is 11.3 Å². The number of rotatable bonds is 18. The van der Waals surface area contributed by atoms with Gasteiger partial charge in [0.1, 0.15) is 16.3 Å². The van der Waals surface area contributed by atoms with Crippen LogP contribution in [0.5, 0.6) is 0 Å². The second-order valence-corrected chi connectivity index (χ2v) is 18.1. The molecule has 53 heavy (non-hydrogen) atoms. The van der Waals surface area contributed by atoms with E-state index in [1.54, 1.807) is 32.2 Å². The normalized spacial score (nSPS) is 18.9. The molecule has 0 aromatic carbocycles. The summed E-state index contributed by atoms with van der Waals surface area (Å²) in [6.07, 6.45) is -4.78. The maximum Gasteiger partial charge on any atom is 0.389 e. The predicted molar refractivity (Wildman–Crippen MR) is 196 cm³/mol. The zero-order valence-corrected chi connectivity index (χ0v) is 33.3. The lowest BCUT2D eigenvalue weighted by atomic mass is 9.84. The van der Waals surface area contributed by atoms with E-state index in [9.17, 15) is 45.6 Å². The average molecular weight is 793 g/mol. The molecule has 1 unspecified atom stereocenters. The minimum atomic E-state index is -4.68. The molecule has 1 fully saturated rings. The second-order valence-electron chi connectivity index (χ2n) is 14.9. The van der Waals surface area contributed by atoms with E-state index < -0.39 is 94.1 Å². The van der Waals surface area contributed by atoms with Crippen molar-refractivity contribution in [2.75, 3.05) is 26.7 Å². The van der Waals surface area contributed by atoms with Crippen molar-refractivity contribution in [1.82, 2.24) is 30.5 Å². The minimum Gasteiger partial charge on any atom is -0.346 e. The average Bonchev–Trinajstić information content (AvgIpc) is 3.77. The molecule has 0 radical (unpaired) electrons. The predicted octanol–water partition coefficient (Wildman–Crippen LogP) is 4.07. The summed E-state index contributed by atoms with van der Waals surface area (Å²) < 4.78 is 67.2. The van der Waals surface area contributed by atoms with Gasteiger partial charge in [-0.1, -0.05) is 67.0 Å². The summed E-state index contributed by atoms with van der Waals surface area (Å²) in [6, 6.07) is -2.52. The number of hydrogen-bond acceptors (Lipinski definition) is 8. The molecular formula is C35H55F3N6O7S2. The first-order valence-electron chi connectivity index (χ1n) is 17.6. The first-order chi connectivity index (χ1) is 24.5. The summed E-state index contributed by atoms with van der Waals surface area (Å²) in [5, 5.41) is 11.8. The number of ketones is 1. The quantitative estimate of drug-likeness (QED) is 0.128. The Morgan fingerprint density at radius 2 is 1.74 bits per heavy atom. The van der Waals surface area contributed by atoms with Crippen LogP contribution in [0.25, 0.3) is 0 Å². The maximum absolute atomic E-state index is 14.4. The molecule has 1 aliphatic heterocycles. The number of nitrogens with one attached hydrogen (secondary N) is 4. The zero-order chi connectivity index (χ0) is 40.5. The number of thiophene rings is 1. The maximum atomic E-state index is 14.4. The lowest BCUT2D eigenvalue weighted by Crippen LogP contribution is -2.62. The van der Waals surface area contributed by atoms with Gasteiger partial charge in [-0.15, -0.1) is 17.9 Å². The first kappa shape index (κ1) is 45.6. The van der Waals surface area contributed by atoms with Gasteiger partial charge in [-0.2, -0.15) is 17.5 Å². The number of hydrogen-bond donors (Lipinski definition) is 4. The van der Waals surface area contributed by atoms with Gasteiger partial charge >= 0.3 is 12.2 Å². The number of likely N-dealkylation sites (N-methyl/N-ethyl adjacent to an activating group) is 1. The van der Waals surface area contributed by atoms with Crippen LogP contribution in [0.3, 0.4) is 0 Å². The molecule has 4 N–H and O–H groups in total. The lowest BCUT2D eigenvalue weighted by molar-refractivity contribution is -0.147. The van der Waals surface area contributed by atoms with Crippen LogP contribution in [0, 0.1) is 23.2 Å². The fourth-order valence-electron chi connectivity index (χ4n) is 6.09. The number of nitrogens with zero attached hydrogens (tertiary/aromatic N) is 2. The van der Waals surface area contributed by atoms with Crippen LogP contribution in [0.2, 0.25) is 0 Å². The van der Waals surface area contributed by atoms with Gasteiger partial charge in [-0.25, -0.2) is 13.2 Å². The van der Waals surface area contributed by atoms with E-state index in [4.69, 9.17) is 0 Å².